The number of hydrogen-bond acceptors (Lipinski definition) is 3. The Labute approximate surface area is 132 Å². The quantitative estimate of drug-likeness (QED) is 0.832. The summed E-state index contributed by atoms with van der Waals surface area (Å²) in [4.78, 5) is 16.8. The summed E-state index contributed by atoms with van der Waals surface area (Å²) in [5, 5.41) is 0. The zero-order valence-electron chi connectivity index (χ0n) is 13.9. The maximum absolute atomic E-state index is 12.8. The Kier molecular flexibility index (Phi) is 4.97. The molecule has 0 unspecified atom stereocenters. The van der Waals surface area contributed by atoms with E-state index < -0.39 is 0 Å². The van der Waals surface area contributed by atoms with Crippen LogP contribution in [0, 0.1) is 5.92 Å². The lowest BCUT2D eigenvalue weighted by molar-refractivity contribution is 0.0698. The molecule has 1 aromatic rings. The van der Waals surface area contributed by atoms with Crippen molar-refractivity contribution in [3.63, 3.8) is 0 Å². The van der Waals surface area contributed by atoms with E-state index in [2.05, 4.69) is 27.7 Å². The van der Waals surface area contributed by atoms with E-state index in [4.69, 9.17) is 4.74 Å². The molecule has 1 saturated heterocycles. The molecule has 1 fully saturated rings. The SMILES string of the molecule is CCOc1cc(C(C)(C)C)sc1C(=O)N1CCC(C)CC1. The molecular weight excluding hydrogens is 282 g/mol. The van der Waals surface area contributed by atoms with Crippen LogP contribution in [0.15, 0.2) is 6.07 Å². The number of amides is 1. The van der Waals surface area contributed by atoms with Crippen LogP contribution in [0.5, 0.6) is 5.75 Å². The third-order valence-corrected chi connectivity index (χ3v) is 5.53. The van der Waals surface area contributed by atoms with E-state index in [0.717, 1.165) is 42.5 Å². The first-order valence-corrected chi connectivity index (χ1v) is 8.71. The van der Waals surface area contributed by atoms with Crippen LogP contribution in [0.25, 0.3) is 0 Å². The molecule has 2 heterocycles. The molecule has 0 spiro atoms. The van der Waals surface area contributed by atoms with Crippen LogP contribution in [-0.2, 0) is 5.41 Å². The number of likely N-dealkylation sites (tertiary alicyclic amines) is 1. The van der Waals surface area contributed by atoms with Gasteiger partial charge in [-0.05, 0) is 37.2 Å². The molecular formula is C17H27NO2S. The van der Waals surface area contributed by atoms with Gasteiger partial charge in [0, 0.05) is 18.0 Å². The van der Waals surface area contributed by atoms with Crippen LogP contribution in [0.2, 0.25) is 0 Å². The van der Waals surface area contributed by atoms with Crippen LogP contribution in [0.3, 0.4) is 0 Å². The van der Waals surface area contributed by atoms with Gasteiger partial charge in [0.15, 0.2) is 0 Å². The van der Waals surface area contributed by atoms with Gasteiger partial charge < -0.3 is 9.64 Å². The Morgan fingerprint density at radius 2 is 2.00 bits per heavy atom. The monoisotopic (exact) mass is 309 g/mol. The van der Waals surface area contributed by atoms with Gasteiger partial charge in [0.05, 0.1) is 6.61 Å². The number of ether oxygens (including phenoxy) is 1. The second-order valence-corrected chi connectivity index (χ2v) is 8.01. The van der Waals surface area contributed by atoms with Crippen molar-refractivity contribution in [2.24, 2.45) is 5.92 Å². The van der Waals surface area contributed by atoms with Crippen LogP contribution in [0.1, 0.15) is 62.0 Å². The highest BCUT2D eigenvalue weighted by Gasteiger charge is 2.28. The fourth-order valence-corrected chi connectivity index (χ4v) is 3.64. The van der Waals surface area contributed by atoms with E-state index >= 15 is 0 Å². The summed E-state index contributed by atoms with van der Waals surface area (Å²) in [6.07, 6.45) is 2.21. The molecule has 118 valence electrons. The predicted octanol–water partition coefficient (Wildman–Crippen LogP) is 4.32. The molecule has 0 saturated carbocycles. The first kappa shape index (κ1) is 16.3. The first-order valence-electron chi connectivity index (χ1n) is 7.89. The van der Waals surface area contributed by atoms with Crippen molar-refractivity contribution in [3.05, 3.63) is 15.8 Å². The minimum absolute atomic E-state index is 0.0471. The topological polar surface area (TPSA) is 29.5 Å². The highest BCUT2D eigenvalue weighted by Crippen LogP contribution is 2.38. The molecule has 1 amide bonds. The summed E-state index contributed by atoms with van der Waals surface area (Å²) in [5.74, 6) is 1.63. The molecule has 0 radical (unpaired) electrons. The molecule has 0 aliphatic carbocycles. The normalized spacial score (nSPS) is 17.1. The summed E-state index contributed by atoms with van der Waals surface area (Å²) in [6.45, 7) is 13.1. The van der Waals surface area contributed by atoms with Crippen molar-refractivity contribution in [1.82, 2.24) is 4.90 Å². The van der Waals surface area contributed by atoms with Gasteiger partial charge in [-0.2, -0.15) is 0 Å². The van der Waals surface area contributed by atoms with Crippen LogP contribution in [-0.4, -0.2) is 30.5 Å². The molecule has 2 rings (SSSR count). The zero-order valence-corrected chi connectivity index (χ0v) is 14.7. The number of thiophene rings is 1. The molecule has 21 heavy (non-hydrogen) atoms. The van der Waals surface area contributed by atoms with E-state index in [1.165, 1.54) is 4.88 Å². The molecule has 1 aliphatic heterocycles. The molecule has 0 aromatic carbocycles. The van der Waals surface area contributed by atoms with Gasteiger partial charge in [0.25, 0.3) is 5.91 Å². The van der Waals surface area contributed by atoms with Gasteiger partial charge in [0.2, 0.25) is 0 Å². The van der Waals surface area contributed by atoms with E-state index in [9.17, 15) is 4.79 Å². The predicted molar refractivity (Wildman–Crippen MR) is 88.5 cm³/mol. The number of carbonyl (C=O) groups is 1. The Morgan fingerprint density at radius 3 is 2.52 bits per heavy atom. The summed E-state index contributed by atoms with van der Waals surface area (Å²) >= 11 is 1.59. The minimum atomic E-state index is 0.0471. The Hall–Kier alpha value is -1.03. The average Bonchev–Trinajstić information content (AvgIpc) is 2.83. The fourth-order valence-electron chi connectivity index (χ4n) is 2.51. The zero-order chi connectivity index (χ0) is 15.6. The number of nitrogens with zero attached hydrogens (tertiary/aromatic N) is 1. The maximum atomic E-state index is 12.8. The largest absolute Gasteiger partial charge is 0.492 e. The lowest BCUT2D eigenvalue weighted by Crippen LogP contribution is -2.37. The standard InChI is InChI=1S/C17H27NO2S/c1-6-20-13-11-14(17(3,4)5)21-15(13)16(19)18-9-7-12(2)8-10-18/h11-12H,6-10H2,1-5H3. The number of piperidine rings is 1. The molecule has 1 aliphatic rings. The van der Waals surface area contributed by atoms with Crippen molar-refractivity contribution in [3.8, 4) is 5.75 Å². The van der Waals surface area contributed by atoms with E-state index in [1.54, 1.807) is 11.3 Å². The molecule has 0 atom stereocenters. The van der Waals surface area contributed by atoms with E-state index in [1.807, 2.05) is 17.9 Å². The summed E-state index contributed by atoms with van der Waals surface area (Å²) in [5.41, 5.74) is 0.0471. The Balaban J connectivity index is 2.24. The second kappa shape index (κ2) is 6.39. The first-order chi connectivity index (χ1) is 9.82. The maximum Gasteiger partial charge on any atom is 0.267 e. The lowest BCUT2D eigenvalue weighted by Gasteiger charge is -2.30. The third kappa shape index (κ3) is 3.79. The van der Waals surface area contributed by atoms with E-state index in [0.29, 0.717) is 6.61 Å². The Morgan fingerprint density at radius 1 is 1.38 bits per heavy atom. The lowest BCUT2D eigenvalue weighted by atomic mass is 9.95. The molecule has 0 N–H and O–H groups in total. The van der Waals surface area contributed by atoms with Crippen molar-refractivity contribution in [1.29, 1.82) is 0 Å². The highest BCUT2D eigenvalue weighted by atomic mass is 32.1. The number of rotatable bonds is 3. The molecule has 3 nitrogen and oxygen atoms in total. The van der Waals surface area contributed by atoms with Crippen molar-refractivity contribution in [2.75, 3.05) is 19.7 Å². The van der Waals surface area contributed by atoms with Crippen molar-refractivity contribution >= 4 is 17.2 Å². The van der Waals surface area contributed by atoms with Gasteiger partial charge in [-0.3, -0.25) is 4.79 Å². The van der Waals surface area contributed by atoms with Crippen molar-refractivity contribution < 1.29 is 9.53 Å². The highest BCUT2D eigenvalue weighted by molar-refractivity contribution is 7.14. The Bertz CT molecular complexity index is 493. The van der Waals surface area contributed by atoms with Crippen LogP contribution < -0.4 is 4.74 Å². The summed E-state index contributed by atoms with van der Waals surface area (Å²) < 4.78 is 5.71. The van der Waals surface area contributed by atoms with Gasteiger partial charge in [0.1, 0.15) is 10.6 Å². The molecule has 0 bridgehead atoms. The van der Waals surface area contributed by atoms with Gasteiger partial charge in [-0.1, -0.05) is 27.7 Å². The molecule has 1 aromatic heterocycles. The minimum Gasteiger partial charge on any atom is -0.492 e. The van der Waals surface area contributed by atoms with Gasteiger partial charge in [-0.15, -0.1) is 11.3 Å². The van der Waals surface area contributed by atoms with Gasteiger partial charge in [-0.25, -0.2) is 0 Å². The number of carbonyl (C=O) groups excluding carboxylic acids is 1. The smallest absolute Gasteiger partial charge is 0.267 e. The van der Waals surface area contributed by atoms with Crippen molar-refractivity contribution in [2.45, 2.75) is 52.9 Å². The molecule has 4 heteroatoms. The van der Waals surface area contributed by atoms with Crippen LogP contribution >= 0.6 is 11.3 Å². The van der Waals surface area contributed by atoms with Crippen LogP contribution in [0.4, 0.5) is 0 Å². The third-order valence-electron chi connectivity index (χ3n) is 4.00. The van der Waals surface area contributed by atoms with Gasteiger partial charge >= 0.3 is 0 Å². The average molecular weight is 309 g/mol. The summed E-state index contributed by atoms with van der Waals surface area (Å²) in [6, 6.07) is 2.05. The second-order valence-electron chi connectivity index (χ2n) is 6.96. The van der Waals surface area contributed by atoms with E-state index in [-0.39, 0.29) is 11.3 Å². The fraction of sp³-hybridized carbons (Fsp3) is 0.706. The number of hydrogen-bond donors (Lipinski definition) is 0. The summed E-state index contributed by atoms with van der Waals surface area (Å²) in [7, 11) is 0.